The quantitative estimate of drug-likeness (QED) is 0.113. The van der Waals surface area contributed by atoms with Crippen molar-refractivity contribution in [3.63, 3.8) is 0 Å². The molecule has 3 aromatic carbocycles. The molecule has 2 fully saturated rings. The first-order valence-electron chi connectivity index (χ1n) is 20.0. The van der Waals surface area contributed by atoms with Crippen molar-refractivity contribution in [3.05, 3.63) is 101 Å². The van der Waals surface area contributed by atoms with Gasteiger partial charge in [0.05, 0.1) is 0 Å². The molecule has 0 aromatic heterocycles. The Hall–Kier alpha value is -2.91. The molecule has 3 heteroatoms. The van der Waals surface area contributed by atoms with Gasteiger partial charge in [-0.1, -0.05) is 146 Å². The fraction of sp³-hybridized carbons (Fsp3) is 0.587. The average molecular weight is 669 g/mol. The van der Waals surface area contributed by atoms with Crippen LogP contribution in [0.3, 0.4) is 0 Å². The van der Waals surface area contributed by atoms with Crippen molar-refractivity contribution >= 4 is 6.29 Å². The Balaban J connectivity index is 0.000000270. The average Bonchev–Trinajstić information content (AvgIpc) is 3.18. The molecule has 0 amide bonds. The van der Waals surface area contributed by atoms with Crippen molar-refractivity contribution in [1.29, 1.82) is 0 Å². The van der Waals surface area contributed by atoms with Crippen molar-refractivity contribution < 1.29 is 14.3 Å². The van der Waals surface area contributed by atoms with Crippen LogP contribution in [0, 0.1) is 11.8 Å². The summed E-state index contributed by atoms with van der Waals surface area (Å²) in [7, 11) is 1.74. The molecule has 0 aliphatic heterocycles. The van der Waals surface area contributed by atoms with Gasteiger partial charge in [0.25, 0.3) is 0 Å². The summed E-state index contributed by atoms with van der Waals surface area (Å²) >= 11 is 0. The number of carbonyl (C=O) groups excluding carboxylic acids is 1. The summed E-state index contributed by atoms with van der Waals surface area (Å²) < 4.78 is 11.6. The van der Waals surface area contributed by atoms with Gasteiger partial charge in [-0.15, -0.1) is 0 Å². The van der Waals surface area contributed by atoms with Crippen molar-refractivity contribution in [2.45, 2.75) is 148 Å². The molecule has 0 radical (unpaired) electrons. The first-order valence-corrected chi connectivity index (χ1v) is 20.0. The number of benzene rings is 3. The standard InChI is InChI=1S/C26H36O2.C18H26O.C2H6/c1-3-4-6-9-21-12-14-22(15-13-21)23-16-18-25(19-17-23)28-20-26(27-2)24-10-7-5-8-11-24;1-2-3-4-5-15-6-10-17(11-7-15)18-12-8-16(14-19)9-13-18;1-2/h5,7-8,10-11,16-19,21-22,26H,3-4,6,9,12-15,20H2,1-2H3;8-9,12-15,17H,2-7,10-11H2,1H3;1-2H3. The van der Waals surface area contributed by atoms with Crippen molar-refractivity contribution in [3.8, 4) is 5.75 Å². The van der Waals surface area contributed by atoms with E-state index in [-0.39, 0.29) is 6.10 Å². The molecule has 49 heavy (non-hydrogen) atoms. The zero-order valence-corrected chi connectivity index (χ0v) is 31.7. The van der Waals surface area contributed by atoms with Crippen molar-refractivity contribution in [2.75, 3.05) is 13.7 Å². The highest BCUT2D eigenvalue weighted by Crippen LogP contribution is 2.39. The Bertz CT molecular complexity index is 1220. The summed E-state index contributed by atoms with van der Waals surface area (Å²) in [5.74, 6) is 4.32. The molecule has 5 rings (SSSR count). The molecular weight excluding hydrogens is 601 g/mol. The third-order valence-electron chi connectivity index (χ3n) is 10.9. The maximum absolute atomic E-state index is 10.7. The van der Waals surface area contributed by atoms with Crippen LogP contribution < -0.4 is 4.74 Å². The minimum atomic E-state index is -0.0381. The Morgan fingerprint density at radius 2 is 1.10 bits per heavy atom. The summed E-state index contributed by atoms with van der Waals surface area (Å²) in [4.78, 5) is 10.7. The van der Waals surface area contributed by atoms with E-state index in [2.05, 4.69) is 62.4 Å². The molecule has 0 N–H and O–H groups in total. The molecule has 3 aromatic rings. The first-order chi connectivity index (χ1) is 24.1. The van der Waals surface area contributed by atoms with Gasteiger partial charge in [-0.25, -0.2) is 0 Å². The van der Waals surface area contributed by atoms with Gasteiger partial charge < -0.3 is 9.47 Å². The Morgan fingerprint density at radius 3 is 1.53 bits per heavy atom. The van der Waals surface area contributed by atoms with Crippen molar-refractivity contribution in [2.24, 2.45) is 11.8 Å². The number of hydrogen-bond donors (Lipinski definition) is 0. The van der Waals surface area contributed by atoms with Gasteiger partial charge in [0.15, 0.2) is 0 Å². The second-order valence-corrected chi connectivity index (χ2v) is 14.2. The molecule has 0 saturated heterocycles. The van der Waals surface area contributed by atoms with E-state index >= 15 is 0 Å². The second kappa shape index (κ2) is 24.3. The Labute approximate surface area is 300 Å². The summed E-state index contributed by atoms with van der Waals surface area (Å²) in [6.45, 7) is 9.10. The topological polar surface area (TPSA) is 35.5 Å². The van der Waals surface area contributed by atoms with Crippen LogP contribution in [0.2, 0.25) is 0 Å². The van der Waals surface area contributed by atoms with Crippen LogP contribution in [0.5, 0.6) is 5.75 Å². The van der Waals surface area contributed by atoms with E-state index in [9.17, 15) is 4.79 Å². The monoisotopic (exact) mass is 669 g/mol. The molecule has 2 saturated carbocycles. The van der Waals surface area contributed by atoms with Gasteiger partial charge in [0, 0.05) is 12.7 Å². The van der Waals surface area contributed by atoms with Gasteiger partial charge in [0.2, 0.25) is 0 Å². The van der Waals surface area contributed by atoms with Gasteiger partial charge in [-0.3, -0.25) is 4.79 Å². The number of carbonyl (C=O) groups is 1. The lowest BCUT2D eigenvalue weighted by atomic mass is 9.77. The highest BCUT2D eigenvalue weighted by atomic mass is 16.5. The molecule has 1 unspecified atom stereocenters. The molecule has 0 heterocycles. The molecule has 2 aliphatic carbocycles. The molecule has 1 atom stereocenters. The van der Waals surface area contributed by atoms with E-state index < -0.39 is 0 Å². The highest BCUT2D eigenvalue weighted by molar-refractivity contribution is 5.74. The van der Waals surface area contributed by atoms with Crippen LogP contribution in [0.25, 0.3) is 0 Å². The fourth-order valence-electron chi connectivity index (χ4n) is 7.76. The molecule has 0 bridgehead atoms. The lowest BCUT2D eigenvalue weighted by Gasteiger charge is -2.29. The summed E-state index contributed by atoms with van der Waals surface area (Å²) in [5.41, 5.74) is 4.85. The molecular formula is C46H68O3. The van der Waals surface area contributed by atoms with E-state index in [1.165, 1.54) is 114 Å². The lowest BCUT2D eigenvalue weighted by molar-refractivity contribution is 0.0576. The SMILES string of the molecule is CC.CCCCCC1CCC(c2ccc(C=O)cc2)CC1.CCCCCC1CCC(c2ccc(OCC(OC)c3ccccc3)cc2)CC1. The van der Waals surface area contributed by atoms with Crippen LogP contribution in [0.15, 0.2) is 78.9 Å². The predicted octanol–water partition coefficient (Wildman–Crippen LogP) is 13.7. The fourth-order valence-corrected chi connectivity index (χ4v) is 7.76. The summed E-state index contributed by atoms with van der Waals surface area (Å²) in [6, 6.07) is 27.2. The van der Waals surface area contributed by atoms with E-state index in [4.69, 9.17) is 9.47 Å². The van der Waals surface area contributed by atoms with Crippen LogP contribution in [-0.2, 0) is 4.74 Å². The van der Waals surface area contributed by atoms with E-state index in [1.54, 1.807) is 7.11 Å². The van der Waals surface area contributed by atoms with Gasteiger partial charge in [-0.2, -0.15) is 0 Å². The number of aldehydes is 1. The first kappa shape index (κ1) is 40.5. The normalized spacial score (nSPS) is 20.9. The highest BCUT2D eigenvalue weighted by Gasteiger charge is 2.23. The third-order valence-corrected chi connectivity index (χ3v) is 10.9. The second-order valence-electron chi connectivity index (χ2n) is 14.2. The van der Waals surface area contributed by atoms with Gasteiger partial charge >= 0.3 is 0 Å². The van der Waals surface area contributed by atoms with Crippen LogP contribution in [0.4, 0.5) is 0 Å². The number of ether oxygens (including phenoxy) is 2. The third kappa shape index (κ3) is 14.5. The van der Waals surface area contributed by atoms with Crippen LogP contribution in [0.1, 0.15) is 175 Å². The molecule has 2 aliphatic rings. The van der Waals surface area contributed by atoms with Gasteiger partial charge in [0.1, 0.15) is 24.7 Å². The smallest absolute Gasteiger partial charge is 0.150 e. The Morgan fingerprint density at radius 1 is 0.633 bits per heavy atom. The summed E-state index contributed by atoms with van der Waals surface area (Å²) in [6.07, 6.45) is 23.0. The maximum Gasteiger partial charge on any atom is 0.150 e. The van der Waals surface area contributed by atoms with E-state index in [0.29, 0.717) is 6.61 Å². The molecule has 3 nitrogen and oxygen atoms in total. The zero-order valence-electron chi connectivity index (χ0n) is 31.7. The number of unbranched alkanes of at least 4 members (excludes halogenated alkanes) is 4. The lowest BCUT2D eigenvalue weighted by Crippen LogP contribution is -2.14. The van der Waals surface area contributed by atoms with Crippen LogP contribution in [-0.4, -0.2) is 20.0 Å². The molecule has 270 valence electrons. The largest absolute Gasteiger partial charge is 0.491 e. The summed E-state index contributed by atoms with van der Waals surface area (Å²) in [5, 5.41) is 0. The minimum absolute atomic E-state index is 0.0381. The number of methoxy groups -OCH3 is 1. The Kier molecular flexibility index (Phi) is 20.1. The predicted molar refractivity (Wildman–Crippen MR) is 209 cm³/mol. The minimum Gasteiger partial charge on any atom is -0.491 e. The molecule has 0 spiro atoms. The van der Waals surface area contributed by atoms with E-state index in [1.807, 2.05) is 44.2 Å². The van der Waals surface area contributed by atoms with Gasteiger partial charge in [-0.05, 0) is 104 Å². The zero-order chi connectivity index (χ0) is 35.1. The number of hydrogen-bond acceptors (Lipinski definition) is 3. The van der Waals surface area contributed by atoms with Crippen molar-refractivity contribution in [1.82, 2.24) is 0 Å². The number of rotatable bonds is 16. The maximum atomic E-state index is 10.7. The van der Waals surface area contributed by atoms with Crippen LogP contribution >= 0.6 is 0 Å². The van der Waals surface area contributed by atoms with E-state index in [0.717, 1.165) is 46.8 Å².